The molecule has 0 saturated heterocycles. The number of phenolic OH excluding ortho intramolecular Hbond substituents is 1. The van der Waals surface area contributed by atoms with Crippen LogP contribution in [0.25, 0.3) is 10.9 Å². The number of carbonyl (C=O) groups excluding carboxylic acids is 1. The van der Waals surface area contributed by atoms with E-state index in [2.05, 4.69) is 4.98 Å². The van der Waals surface area contributed by atoms with Crippen molar-refractivity contribution in [3.05, 3.63) is 40.2 Å². The molecule has 0 saturated carbocycles. The molecule has 0 spiro atoms. The molecule has 5 nitrogen and oxygen atoms in total. The van der Waals surface area contributed by atoms with E-state index >= 15 is 0 Å². The number of benzene rings is 1. The van der Waals surface area contributed by atoms with E-state index in [1.54, 1.807) is 0 Å². The molecule has 2 aromatic rings. The van der Waals surface area contributed by atoms with Gasteiger partial charge in [0.1, 0.15) is 5.75 Å². The molecule has 0 bridgehead atoms. The molecule has 0 atom stereocenters. The molecule has 0 fully saturated rings. The third-order valence-corrected chi connectivity index (χ3v) is 2.09. The van der Waals surface area contributed by atoms with Crippen LogP contribution in [0.2, 0.25) is 0 Å². The topological polar surface area (TPSA) is 96.2 Å². The highest BCUT2D eigenvalue weighted by Crippen LogP contribution is 2.19. The summed E-state index contributed by atoms with van der Waals surface area (Å²) in [6.07, 6.45) is 0. The highest BCUT2D eigenvalue weighted by molar-refractivity contribution is 6.05. The summed E-state index contributed by atoms with van der Waals surface area (Å²) in [5, 5.41) is 9.69. The molecule has 2 rings (SSSR count). The monoisotopic (exact) mass is 204 g/mol. The number of amides is 1. The first-order valence-electron chi connectivity index (χ1n) is 4.24. The smallest absolute Gasteiger partial charge is 0.249 e. The Morgan fingerprint density at radius 2 is 2.07 bits per heavy atom. The zero-order valence-electron chi connectivity index (χ0n) is 7.65. The maximum absolute atomic E-state index is 11.2. The number of nitrogens with one attached hydrogen (secondary N) is 1. The number of pyridine rings is 1. The van der Waals surface area contributed by atoms with Crippen LogP contribution in [0.5, 0.6) is 5.75 Å². The maximum atomic E-state index is 11.2. The highest BCUT2D eigenvalue weighted by Gasteiger charge is 2.08. The van der Waals surface area contributed by atoms with Gasteiger partial charge in [-0.15, -0.1) is 0 Å². The van der Waals surface area contributed by atoms with Gasteiger partial charge in [0.25, 0.3) is 0 Å². The number of primary amides is 1. The van der Waals surface area contributed by atoms with Gasteiger partial charge in [-0.1, -0.05) is 0 Å². The third-order valence-electron chi connectivity index (χ3n) is 2.09. The molecule has 4 N–H and O–H groups in total. The maximum Gasteiger partial charge on any atom is 0.249 e. The van der Waals surface area contributed by atoms with E-state index in [9.17, 15) is 14.7 Å². The van der Waals surface area contributed by atoms with Crippen LogP contribution >= 0.6 is 0 Å². The summed E-state index contributed by atoms with van der Waals surface area (Å²) in [6.45, 7) is 0. The van der Waals surface area contributed by atoms with Crippen LogP contribution < -0.4 is 11.3 Å². The minimum atomic E-state index is -0.697. The van der Waals surface area contributed by atoms with E-state index in [4.69, 9.17) is 5.73 Å². The molecule has 76 valence electrons. The minimum Gasteiger partial charge on any atom is -0.508 e. The van der Waals surface area contributed by atoms with Crippen molar-refractivity contribution in [3.8, 4) is 5.75 Å². The Balaban J connectivity index is 2.94. The van der Waals surface area contributed by atoms with Gasteiger partial charge in [-0.25, -0.2) is 0 Å². The number of H-pyrrole nitrogens is 1. The second kappa shape index (κ2) is 3.13. The van der Waals surface area contributed by atoms with Gasteiger partial charge < -0.3 is 15.8 Å². The van der Waals surface area contributed by atoms with Crippen molar-refractivity contribution in [2.24, 2.45) is 5.73 Å². The van der Waals surface area contributed by atoms with Crippen LogP contribution in [-0.4, -0.2) is 16.0 Å². The average Bonchev–Trinajstić information content (AvgIpc) is 2.17. The molecule has 0 radical (unpaired) electrons. The molecule has 15 heavy (non-hydrogen) atoms. The lowest BCUT2D eigenvalue weighted by Crippen LogP contribution is -2.16. The fourth-order valence-corrected chi connectivity index (χ4v) is 1.45. The predicted molar refractivity (Wildman–Crippen MR) is 54.8 cm³/mol. The zero-order chi connectivity index (χ0) is 11.0. The quantitative estimate of drug-likeness (QED) is 0.624. The summed E-state index contributed by atoms with van der Waals surface area (Å²) in [5.41, 5.74) is 5.29. The summed E-state index contributed by atoms with van der Waals surface area (Å²) >= 11 is 0. The molecule has 1 aromatic carbocycles. The first-order valence-corrected chi connectivity index (χ1v) is 4.24. The first kappa shape index (κ1) is 9.26. The lowest BCUT2D eigenvalue weighted by atomic mass is 10.1. The fourth-order valence-electron chi connectivity index (χ4n) is 1.45. The third kappa shape index (κ3) is 1.54. The van der Waals surface area contributed by atoms with Crippen LogP contribution in [0, 0.1) is 0 Å². The molecular formula is C10H8N2O3. The number of nitrogens with two attached hydrogens (primary N) is 1. The van der Waals surface area contributed by atoms with Crippen molar-refractivity contribution in [1.82, 2.24) is 4.98 Å². The lowest BCUT2D eigenvalue weighted by Gasteiger charge is -2.02. The zero-order valence-corrected chi connectivity index (χ0v) is 7.65. The number of hydrogen-bond acceptors (Lipinski definition) is 3. The first-order chi connectivity index (χ1) is 7.08. The number of fused-ring (bicyclic) bond motifs is 1. The van der Waals surface area contributed by atoms with Crippen LogP contribution in [0.1, 0.15) is 10.4 Å². The average molecular weight is 204 g/mol. The second-order valence-electron chi connectivity index (χ2n) is 3.14. The van der Waals surface area contributed by atoms with E-state index in [1.165, 1.54) is 18.2 Å². The molecular weight excluding hydrogens is 196 g/mol. The number of aromatic nitrogens is 1. The highest BCUT2D eigenvalue weighted by atomic mass is 16.3. The molecule has 0 aliphatic rings. The SMILES string of the molecule is NC(=O)c1cc(=O)[nH]c2ccc(O)cc12. The minimum absolute atomic E-state index is 0.0112. The summed E-state index contributed by atoms with van der Waals surface area (Å²) in [6, 6.07) is 5.43. The predicted octanol–water partition coefficient (Wildman–Crippen LogP) is 0.333. The Morgan fingerprint density at radius 1 is 1.33 bits per heavy atom. The van der Waals surface area contributed by atoms with Crippen molar-refractivity contribution in [2.45, 2.75) is 0 Å². The lowest BCUT2D eigenvalue weighted by molar-refractivity contribution is 0.100. The number of hydrogen-bond donors (Lipinski definition) is 3. The Bertz CT molecular complexity index is 601. The second-order valence-corrected chi connectivity index (χ2v) is 3.14. The number of rotatable bonds is 1. The molecule has 1 amide bonds. The van der Waals surface area contributed by atoms with Crippen LogP contribution in [-0.2, 0) is 0 Å². The number of aromatic amines is 1. The Morgan fingerprint density at radius 3 is 2.73 bits per heavy atom. The van der Waals surface area contributed by atoms with Crippen molar-refractivity contribution < 1.29 is 9.90 Å². The number of aromatic hydroxyl groups is 1. The summed E-state index contributed by atoms with van der Waals surface area (Å²) in [5.74, 6) is -0.686. The Hall–Kier alpha value is -2.30. The normalized spacial score (nSPS) is 10.4. The summed E-state index contributed by atoms with van der Waals surface area (Å²) in [4.78, 5) is 24.8. The Labute approximate surface area is 84.2 Å². The largest absolute Gasteiger partial charge is 0.508 e. The van der Waals surface area contributed by atoms with E-state index in [0.29, 0.717) is 10.9 Å². The molecule has 5 heteroatoms. The van der Waals surface area contributed by atoms with Crippen LogP contribution in [0.4, 0.5) is 0 Å². The van der Waals surface area contributed by atoms with E-state index < -0.39 is 11.5 Å². The standard InChI is InChI=1S/C10H8N2O3/c11-10(15)7-4-9(14)12-8-2-1-5(13)3-6(7)8/h1-4,13H,(H2,11,15)(H,12,14). The van der Waals surface area contributed by atoms with Gasteiger partial charge in [-0.05, 0) is 18.2 Å². The van der Waals surface area contributed by atoms with Gasteiger partial charge in [0, 0.05) is 17.0 Å². The van der Waals surface area contributed by atoms with Gasteiger partial charge in [0.05, 0.1) is 5.56 Å². The Kier molecular flexibility index (Phi) is 1.93. The summed E-state index contributed by atoms with van der Waals surface area (Å²) < 4.78 is 0. The number of carbonyl (C=O) groups is 1. The van der Waals surface area contributed by atoms with Crippen LogP contribution in [0.15, 0.2) is 29.1 Å². The van der Waals surface area contributed by atoms with Gasteiger partial charge in [0.15, 0.2) is 0 Å². The van der Waals surface area contributed by atoms with Crippen molar-refractivity contribution in [3.63, 3.8) is 0 Å². The molecule has 1 heterocycles. The van der Waals surface area contributed by atoms with Gasteiger partial charge in [0.2, 0.25) is 11.5 Å². The van der Waals surface area contributed by atoms with Crippen molar-refractivity contribution in [1.29, 1.82) is 0 Å². The molecule has 0 unspecified atom stereocenters. The van der Waals surface area contributed by atoms with Gasteiger partial charge in [-0.3, -0.25) is 9.59 Å². The van der Waals surface area contributed by atoms with Crippen molar-refractivity contribution in [2.75, 3.05) is 0 Å². The van der Waals surface area contributed by atoms with Gasteiger partial charge in [-0.2, -0.15) is 0 Å². The number of phenols is 1. The molecule has 0 aliphatic heterocycles. The van der Waals surface area contributed by atoms with E-state index in [1.807, 2.05) is 0 Å². The summed E-state index contributed by atoms with van der Waals surface area (Å²) in [7, 11) is 0. The molecule has 0 aliphatic carbocycles. The fraction of sp³-hybridized carbons (Fsp3) is 0. The van der Waals surface area contributed by atoms with Gasteiger partial charge >= 0.3 is 0 Å². The molecule has 1 aromatic heterocycles. The van der Waals surface area contributed by atoms with Crippen molar-refractivity contribution >= 4 is 16.8 Å². The van der Waals surface area contributed by atoms with E-state index in [-0.39, 0.29) is 11.3 Å². The van der Waals surface area contributed by atoms with Crippen LogP contribution in [0.3, 0.4) is 0 Å². The van der Waals surface area contributed by atoms with E-state index in [0.717, 1.165) is 6.07 Å².